The number of benzene rings is 1. The van der Waals surface area contributed by atoms with E-state index in [4.69, 9.17) is 11.5 Å². The van der Waals surface area contributed by atoms with E-state index in [1.54, 1.807) is 0 Å². The molecule has 0 aliphatic rings. The number of para-hydroxylation sites is 1. The Morgan fingerprint density at radius 2 is 2.06 bits per heavy atom. The normalized spacial score (nSPS) is 12.9. The van der Waals surface area contributed by atoms with Crippen LogP contribution in [-0.4, -0.2) is 17.6 Å². The quantitative estimate of drug-likeness (QED) is 0.811. The van der Waals surface area contributed by atoms with Crippen molar-refractivity contribution in [3.63, 3.8) is 0 Å². The molecule has 4 N–H and O–H groups in total. The second-order valence-corrected chi connectivity index (χ2v) is 4.08. The first kappa shape index (κ1) is 11.0. The number of rotatable bonds is 4. The maximum absolute atomic E-state index is 5.95. The fourth-order valence-electron chi connectivity index (χ4n) is 1.85. The highest BCUT2D eigenvalue weighted by Gasteiger charge is 2.04. The summed E-state index contributed by atoms with van der Waals surface area (Å²) in [7, 11) is 0. The molecule has 0 amide bonds. The van der Waals surface area contributed by atoms with Gasteiger partial charge in [0.05, 0.1) is 5.52 Å². The Morgan fingerprint density at radius 1 is 1.25 bits per heavy atom. The number of hydrogen-bond acceptors (Lipinski definition) is 3. The zero-order valence-corrected chi connectivity index (χ0v) is 9.26. The molecular formula is C13H17N3. The Morgan fingerprint density at radius 3 is 2.88 bits per heavy atom. The van der Waals surface area contributed by atoms with Crippen LogP contribution in [0.15, 0.2) is 36.5 Å². The van der Waals surface area contributed by atoms with Crippen LogP contribution in [0.5, 0.6) is 0 Å². The topological polar surface area (TPSA) is 64.9 Å². The maximum atomic E-state index is 5.95. The van der Waals surface area contributed by atoms with E-state index in [0.29, 0.717) is 6.54 Å². The molecule has 2 rings (SSSR count). The molecule has 0 aliphatic heterocycles. The largest absolute Gasteiger partial charge is 0.330 e. The molecule has 0 aliphatic carbocycles. The molecule has 0 spiro atoms. The van der Waals surface area contributed by atoms with Gasteiger partial charge in [-0.25, -0.2) is 0 Å². The SMILES string of the molecule is NCCC(N)Cc1cnc2ccccc2c1. The third-order valence-electron chi connectivity index (χ3n) is 2.68. The molecular weight excluding hydrogens is 198 g/mol. The second-order valence-electron chi connectivity index (χ2n) is 4.08. The van der Waals surface area contributed by atoms with Crippen molar-refractivity contribution in [2.75, 3.05) is 6.54 Å². The molecule has 3 heteroatoms. The van der Waals surface area contributed by atoms with E-state index in [-0.39, 0.29) is 6.04 Å². The van der Waals surface area contributed by atoms with E-state index in [2.05, 4.69) is 17.1 Å². The zero-order valence-electron chi connectivity index (χ0n) is 9.26. The summed E-state index contributed by atoms with van der Waals surface area (Å²) in [6.07, 6.45) is 3.60. The Kier molecular flexibility index (Phi) is 3.49. The standard InChI is InChI=1S/C13H17N3/c14-6-5-12(15)8-10-7-11-3-1-2-4-13(11)16-9-10/h1-4,7,9,12H,5-6,8,14-15H2. The predicted molar refractivity (Wildman–Crippen MR) is 67.1 cm³/mol. The average molecular weight is 215 g/mol. The summed E-state index contributed by atoms with van der Waals surface area (Å²) in [5.41, 5.74) is 13.6. The van der Waals surface area contributed by atoms with E-state index < -0.39 is 0 Å². The van der Waals surface area contributed by atoms with Gasteiger partial charge < -0.3 is 11.5 Å². The van der Waals surface area contributed by atoms with Crippen LogP contribution in [0, 0.1) is 0 Å². The number of aromatic nitrogens is 1. The first-order valence-corrected chi connectivity index (χ1v) is 5.59. The van der Waals surface area contributed by atoms with Crippen molar-refractivity contribution in [1.29, 1.82) is 0 Å². The molecule has 1 atom stereocenters. The van der Waals surface area contributed by atoms with E-state index in [1.165, 1.54) is 10.9 Å². The lowest BCUT2D eigenvalue weighted by molar-refractivity contribution is 0.618. The van der Waals surface area contributed by atoms with Crippen LogP contribution in [0.1, 0.15) is 12.0 Å². The van der Waals surface area contributed by atoms with Gasteiger partial charge >= 0.3 is 0 Å². The van der Waals surface area contributed by atoms with E-state index >= 15 is 0 Å². The van der Waals surface area contributed by atoms with E-state index in [0.717, 1.165) is 18.4 Å². The first-order valence-electron chi connectivity index (χ1n) is 5.59. The Balaban J connectivity index is 2.19. The third-order valence-corrected chi connectivity index (χ3v) is 2.68. The summed E-state index contributed by atoms with van der Waals surface area (Å²) < 4.78 is 0. The number of fused-ring (bicyclic) bond motifs is 1. The van der Waals surface area contributed by atoms with Gasteiger partial charge in [-0.2, -0.15) is 0 Å². The molecule has 1 heterocycles. The number of hydrogen-bond donors (Lipinski definition) is 2. The van der Waals surface area contributed by atoms with Crippen LogP contribution in [0.3, 0.4) is 0 Å². The minimum atomic E-state index is 0.132. The fourth-order valence-corrected chi connectivity index (χ4v) is 1.85. The smallest absolute Gasteiger partial charge is 0.0702 e. The number of nitrogens with zero attached hydrogens (tertiary/aromatic N) is 1. The lowest BCUT2D eigenvalue weighted by Crippen LogP contribution is -2.26. The molecule has 0 radical (unpaired) electrons. The molecule has 16 heavy (non-hydrogen) atoms. The third kappa shape index (κ3) is 2.56. The Hall–Kier alpha value is -1.45. The fraction of sp³-hybridized carbons (Fsp3) is 0.308. The van der Waals surface area contributed by atoms with E-state index in [9.17, 15) is 0 Å². The Bertz CT molecular complexity index is 467. The Labute approximate surface area is 95.5 Å². The highest BCUT2D eigenvalue weighted by atomic mass is 14.7. The lowest BCUT2D eigenvalue weighted by atomic mass is 10.0. The molecule has 0 saturated heterocycles. The molecule has 0 fully saturated rings. The van der Waals surface area contributed by atoms with Crippen molar-refractivity contribution in [3.8, 4) is 0 Å². The summed E-state index contributed by atoms with van der Waals surface area (Å²) in [4.78, 5) is 4.41. The van der Waals surface area contributed by atoms with Crippen molar-refractivity contribution < 1.29 is 0 Å². The molecule has 1 unspecified atom stereocenters. The summed E-state index contributed by atoms with van der Waals surface area (Å²) in [5, 5.41) is 1.17. The van der Waals surface area contributed by atoms with E-state index in [1.807, 2.05) is 24.4 Å². The van der Waals surface area contributed by atoms with Gasteiger partial charge in [0.2, 0.25) is 0 Å². The molecule has 1 aromatic heterocycles. The average Bonchev–Trinajstić information content (AvgIpc) is 2.29. The number of pyridine rings is 1. The van der Waals surface area contributed by atoms with Crippen LogP contribution < -0.4 is 11.5 Å². The molecule has 2 aromatic rings. The predicted octanol–water partition coefficient (Wildman–Crippen LogP) is 1.45. The summed E-state index contributed by atoms with van der Waals surface area (Å²) >= 11 is 0. The van der Waals surface area contributed by atoms with Gasteiger partial charge in [-0.1, -0.05) is 18.2 Å². The molecule has 3 nitrogen and oxygen atoms in total. The molecule has 1 aromatic carbocycles. The van der Waals surface area contributed by atoms with Crippen molar-refractivity contribution in [1.82, 2.24) is 4.98 Å². The van der Waals surface area contributed by atoms with Crippen molar-refractivity contribution in [2.45, 2.75) is 18.9 Å². The highest BCUT2D eigenvalue weighted by molar-refractivity contribution is 5.78. The highest BCUT2D eigenvalue weighted by Crippen LogP contribution is 2.13. The number of nitrogens with two attached hydrogens (primary N) is 2. The first-order chi connectivity index (χ1) is 7.79. The summed E-state index contributed by atoms with van der Waals surface area (Å²) in [6.45, 7) is 0.641. The van der Waals surface area contributed by atoms with Gasteiger partial charge in [0.15, 0.2) is 0 Å². The van der Waals surface area contributed by atoms with Gasteiger partial charge in [0.1, 0.15) is 0 Å². The molecule has 0 saturated carbocycles. The molecule has 0 bridgehead atoms. The van der Waals surface area contributed by atoms with Crippen LogP contribution in [0.25, 0.3) is 10.9 Å². The summed E-state index contributed by atoms with van der Waals surface area (Å²) in [6, 6.07) is 10.4. The summed E-state index contributed by atoms with van der Waals surface area (Å²) in [5.74, 6) is 0. The van der Waals surface area contributed by atoms with Crippen LogP contribution in [0.2, 0.25) is 0 Å². The van der Waals surface area contributed by atoms with Gasteiger partial charge in [-0.15, -0.1) is 0 Å². The minimum Gasteiger partial charge on any atom is -0.330 e. The van der Waals surface area contributed by atoms with Crippen molar-refractivity contribution in [3.05, 3.63) is 42.1 Å². The molecule has 84 valence electrons. The monoisotopic (exact) mass is 215 g/mol. The van der Waals surface area contributed by atoms with Crippen molar-refractivity contribution in [2.24, 2.45) is 11.5 Å². The minimum absolute atomic E-state index is 0.132. The van der Waals surface area contributed by atoms with Crippen LogP contribution in [-0.2, 0) is 6.42 Å². The van der Waals surface area contributed by atoms with Gasteiger partial charge in [-0.05, 0) is 37.1 Å². The van der Waals surface area contributed by atoms with Crippen molar-refractivity contribution >= 4 is 10.9 Å². The zero-order chi connectivity index (χ0) is 11.4. The lowest BCUT2D eigenvalue weighted by Gasteiger charge is -2.10. The maximum Gasteiger partial charge on any atom is 0.0702 e. The van der Waals surface area contributed by atoms with Crippen LogP contribution >= 0.6 is 0 Å². The second kappa shape index (κ2) is 5.05. The van der Waals surface area contributed by atoms with Crippen LogP contribution in [0.4, 0.5) is 0 Å². The van der Waals surface area contributed by atoms with Gasteiger partial charge in [-0.3, -0.25) is 4.98 Å². The van der Waals surface area contributed by atoms with Gasteiger partial charge in [0.25, 0.3) is 0 Å². The van der Waals surface area contributed by atoms with Gasteiger partial charge in [0, 0.05) is 17.6 Å².